The van der Waals surface area contributed by atoms with Crippen LogP contribution in [0.5, 0.6) is 11.5 Å². The van der Waals surface area contributed by atoms with E-state index in [-0.39, 0.29) is 16.4 Å². The van der Waals surface area contributed by atoms with Crippen molar-refractivity contribution in [2.75, 3.05) is 7.11 Å². The van der Waals surface area contributed by atoms with E-state index >= 15 is 0 Å². The smallest absolute Gasteiger partial charge is 0.276 e. The normalized spacial score (nSPS) is 11.6. The predicted molar refractivity (Wildman–Crippen MR) is 88.5 cm³/mol. The molecule has 2 N–H and O–H groups in total. The van der Waals surface area contributed by atoms with Gasteiger partial charge in [0.2, 0.25) is 0 Å². The topological polar surface area (TPSA) is 88.0 Å². The molecule has 0 saturated heterocycles. The molecule has 122 valence electrons. The van der Waals surface area contributed by atoms with Crippen molar-refractivity contribution >= 4 is 16.2 Å². The lowest BCUT2D eigenvalue weighted by Crippen LogP contribution is -2.18. The number of aromatic hydroxyl groups is 1. The van der Waals surface area contributed by atoms with E-state index in [1.165, 1.54) is 19.4 Å². The number of phenolic OH excluding ortho intramolecular Hbond substituents is 1. The molecule has 0 saturated carbocycles. The van der Waals surface area contributed by atoms with Gasteiger partial charge >= 0.3 is 0 Å². The number of hydrogen-bond acceptors (Lipinski definition) is 5. The number of benzene rings is 2. The molecule has 0 atom stereocenters. The average molecular weight is 334 g/mol. The number of phenols is 1. The Hall–Kier alpha value is -2.54. The molecule has 0 aliphatic heterocycles. The highest BCUT2D eigenvalue weighted by molar-refractivity contribution is 7.89. The van der Waals surface area contributed by atoms with Crippen LogP contribution >= 0.6 is 0 Å². The fourth-order valence-corrected chi connectivity index (χ4v) is 2.78. The van der Waals surface area contributed by atoms with Crippen molar-refractivity contribution in [1.82, 2.24) is 4.83 Å². The van der Waals surface area contributed by atoms with Gasteiger partial charge in [-0.3, -0.25) is 0 Å². The van der Waals surface area contributed by atoms with E-state index in [1.54, 1.807) is 30.3 Å². The SMILES string of the molecule is COc1cccc(/C=N\NS(=O)(=O)c2ccc(C)c(C)c2)c1O. The summed E-state index contributed by atoms with van der Waals surface area (Å²) in [5.74, 6) is 0.176. The molecule has 0 aliphatic carbocycles. The van der Waals surface area contributed by atoms with Crippen molar-refractivity contribution in [3.63, 3.8) is 0 Å². The van der Waals surface area contributed by atoms with Gasteiger partial charge in [-0.25, -0.2) is 4.83 Å². The Morgan fingerprint density at radius 3 is 2.57 bits per heavy atom. The van der Waals surface area contributed by atoms with E-state index in [0.29, 0.717) is 5.56 Å². The lowest BCUT2D eigenvalue weighted by atomic mass is 10.1. The van der Waals surface area contributed by atoms with E-state index < -0.39 is 10.0 Å². The third kappa shape index (κ3) is 3.81. The molecule has 0 spiro atoms. The number of nitrogens with zero attached hydrogens (tertiary/aromatic N) is 1. The molecular weight excluding hydrogens is 316 g/mol. The van der Waals surface area contributed by atoms with Gasteiger partial charge in [0, 0.05) is 5.56 Å². The van der Waals surface area contributed by atoms with E-state index in [9.17, 15) is 13.5 Å². The lowest BCUT2D eigenvalue weighted by molar-refractivity contribution is 0.373. The largest absolute Gasteiger partial charge is 0.504 e. The van der Waals surface area contributed by atoms with Crippen LogP contribution in [0.4, 0.5) is 0 Å². The van der Waals surface area contributed by atoms with Crippen LogP contribution in [0.25, 0.3) is 0 Å². The molecular formula is C16H18N2O4S. The molecule has 0 unspecified atom stereocenters. The minimum Gasteiger partial charge on any atom is -0.504 e. The van der Waals surface area contributed by atoms with Gasteiger partial charge in [0.1, 0.15) is 0 Å². The summed E-state index contributed by atoms with van der Waals surface area (Å²) in [5.41, 5.74) is 2.23. The maximum Gasteiger partial charge on any atom is 0.276 e. The van der Waals surface area contributed by atoms with E-state index in [1.807, 2.05) is 13.8 Å². The van der Waals surface area contributed by atoms with Crippen molar-refractivity contribution < 1.29 is 18.3 Å². The molecule has 2 aromatic carbocycles. The van der Waals surface area contributed by atoms with Crippen molar-refractivity contribution in [2.24, 2.45) is 5.10 Å². The minimum atomic E-state index is -3.76. The summed E-state index contributed by atoms with van der Waals surface area (Å²) < 4.78 is 29.3. The molecule has 7 heteroatoms. The third-order valence-corrected chi connectivity index (χ3v) is 4.64. The second kappa shape index (κ2) is 6.70. The van der Waals surface area contributed by atoms with Crippen LogP contribution in [-0.4, -0.2) is 26.8 Å². The lowest BCUT2D eigenvalue weighted by Gasteiger charge is -2.07. The first kappa shape index (κ1) is 16.8. The maximum atomic E-state index is 12.2. The third-order valence-electron chi connectivity index (χ3n) is 3.42. The first-order valence-corrected chi connectivity index (χ1v) is 8.31. The second-order valence-electron chi connectivity index (χ2n) is 5.00. The van der Waals surface area contributed by atoms with Crippen LogP contribution in [0.3, 0.4) is 0 Å². The summed E-state index contributed by atoms with van der Waals surface area (Å²) in [6.45, 7) is 3.74. The Labute approximate surface area is 135 Å². The zero-order valence-electron chi connectivity index (χ0n) is 13.1. The summed E-state index contributed by atoms with van der Waals surface area (Å²) in [6.07, 6.45) is 1.22. The first-order valence-electron chi connectivity index (χ1n) is 6.83. The van der Waals surface area contributed by atoms with Crippen LogP contribution in [0.2, 0.25) is 0 Å². The van der Waals surface area contributed by atoms with Crippen molar-refractivity contribution in [3.05, 3.63) is 53.1 Å². The Morgan fingerprint density at radius 1 is 1.17 bits per heavy atom. The fraction of sp³-hybridized carbons (Fsp3) is 0.188. The zero-order chi connectivity index (χ0) is 17.0. The standard InChI is InChI=1S/C16H18N2O4S/c1-11-7-8-14(9-12(11)2)23(20,21)18-17-10-13-5-4-6-15(22-3)16(13)19/h4-10,18-19H,1-3H3/b17-10-. The summed E-state index contributed by atoms with van der Waals surface area (Å²) in [6, 6.07) is 9.68. The second-order valence-corrected chi connectivity index (χ2v) is 6.66. The highest BCUT2D eigenvalue weighted by atomic mass is 32.2. The Kier molecular flexibility index (Phi) is 4.90. The van der Waals surface area contributed by atoms with Crippen molar-refractivity contribution in [1.29, 1.82) is 0 Å². The summed E-state index contributed by atoms with van der Waals surface area (Å²) >= 11 is 0. The van der Waals surface area contributed by atoms with Crippen molar-refractivity contribution in [2.45, 2.75) is 18.7 Å². The van der Waals surface area contributed by atoms with Gasteiger partial charge in [-0.2, -0.15) is 13.5 Å². The minimum absolute atomic E-state index is 0.107. The average Bonchev–Trinajstić information content (AvgIpc) is 2.51. The Balaban J connectivity index is 2.20. The molecule has 0 aliphatic rings. The quantitative estimate of drug-likeness (QED) is 0.649. The highest BCUT2D eigenvalue weighted by Crippen LogP contribution is 2.27. The number of sulfonamides is 1. The Bertz CT molecular complexity index is 845. The molecule has 6 nitrogen and oxygen atoms in total. The Morgan fingerprint density at radius 2 is 1.91 bits per heavy atom. The van der Waals surface area contributed by atoms with E-state index in [0.717, 1.165) is 11.1 Å². The molecule has 2 aromatic rings. The summed E-state index contributed by atoms with van der Waals surface area (Å²) in [7, 11) is -2.33. The molecule has 0 radical (unpaired) electrons. The van der Waals surface area contributed by atoms with Gasteiger partial charge in [0.15, 0.2) is 11.5 Å². The van der Waals surface area contributed by atoms with Gasteiger partial charge in [-0.15, -0.1) is 0 Å². The molecule has 0 amide bonds. The van der Waals surface area contributed by atoms with E-state index in [2.05, 4.69) is 9.93 Å². The van der Waals surface area contributed by atoms with Gasteiger partial charge < -0.3 is 9.84 Å². The highest BCUT2D eigenvalue weighted by Gasteiger charge is 2.13. The number of hydrogen-bond donors (Lipinski definition) is 2. The molecule has 0 heterocycles. The predicted octanol–water partition coefficient (Wildman–Crippen LogP) is 2.33. The number of hydrazone groups is 1. The van der Waals surface area contributed by atoms with Crippen LogP contribution in [0.1, 0.15) is 16.7 Å². The van der Waals surface area contributed by atoms with Gasteiger partial charge in [0.25, 0.3) is 10.0 Å². The number of rotatable bonds is 5. The van der Waals surface area contributed by atoms with Crippen LogP contribution in [0, 0.1) is 13.8 Å². The molecule has 0 fully saturated rings. The zero-order valence-corrected chi connectivity index (χ0v) is 13.9. The first-order chi connectivity index (χ1) is 10.8. The molecule has 0 bridgehead atoms. The molecule has 23 heavy (non-hydrogen) atoms. The summed E-state index contributed by atoms with van der Waals surface area (Å²) in [4.78, 5) is 2.26. The van der Waals surface area contributed by atoms with Gasteiger partial charge in [-0.1, -0.05) is 12.1 Å². The summed E-state index contributed by atoms with van der Waals surface area (Å²) in [5, 5.41) is 13.6. The number of methoxy groups -OCH3 is 1. The monoisotopic (exact) mass is 334 g/mol. The van der Waals surface area contributed by atoms with Crippen LogP contribution in [0.15, 0.2) is 46.4 Å². The van der Waals surface area contributed by atoms with Gasteiger partial charge in [0.05, 0.1) is 18.2 Å². The number of aryl methyl sites for hydroxylation is 2. The van der Waals surface area contributed by atoms with Crippen LogP contribution < -0.4 is 9.57 Å². The van der Waals surface area contributed by atoms with Crippen molar-refractivity contribution in [3.8, 4) is 11.5 Å². The van der Waals surface area contributed by atoms with Crippen LogP contribution in [-0.2, 0) is 10.0 Å². The number of nitrogens with one attached hydrogen (secondary N) is 1. The maximum absolute atomic E-state index is 12.2. The van der Waals surface area contributed by atoms with E-state index in [4.69, 9.17) is 4.74 Å². The molecule has 0 aromatic heterocycles. The number of para-hydroxylation sites is 1. The fourth-order valence-electron chi connectivity index (χ4n) is 1.91. The number of ether oxygens (including phenoxy) is 1. The molecule has 2 rings (SSSR count). The van der Waals surface area contributed by atoms with Gasteiger partial charge in [-0.05, 0) is 49.2 Å².